The van der Waals surface area contributed by atoms with E-state index in [1.54, 1.807) is 12.1 Å². The Bertz CT molecular complexity index is 625. The molecule has 0 N–H and O–H groups in total. The Morgan fingerprint density at radius 2 is 1.44 bits per heavy atom. The molecule has 0 aliphatic carbocycles. The monoisotopic (exact) mass is 367 g/mol. The fourth-order valence-electron chi connectivity index (χ4n) is 3.19. The summed E-state index contributed by atoms with van der Waals surface area (Å²) in [5, 5.41) is 0. The molecule has 0 saturated carbocycles. The van der Waals surface area contributed by atoms with E-state index in [9.17, 15) is 8.78 Å². The van der Waals surface area contributed by atoms with Gasteiger partial charge in [0.2, 0.25) is 0 Å². The first-order valence-corrected chi connectivity index (χ1v) is 8.54. The van der Waals surface area contributed by atoms with E-state index in [2.05, 4.69) is 4.90 Å². The molecule has 25 heavy (non-hydrogen) atoms. The SMILES string of the molecule is Cl.Fc1ccc(CC2CCN(CCOc3ccc(F)cc3)CC2)cc1. The second-order valence-corrected chi connectivity index (χ2v) is 6.42. The van der Waals surface area contributed by atoms with Crippen molar-refractivity contribution in [1.82, 2.24) is 4.90 Å². The molecule has 1 saturated heterocycles. The van der Waals surface area contributed by atoms with Gasteiger partial charge in [0.1, 0.15) is 24.0 Å². The lowest BCUT2D eigenvalue weighted by molar-refractivity contribution is 0.155. The summed E-state index contributed by atoms with van der Waals surface area (Å²) in [5.74, 6) is 0.965. The van der Waals surface area contributed by atoms with Gasteiger partial charge in [0.25, 0.3) is 0 Å². The van der Waals surface area contributed by atoms with Crippen molar-refractivity contribution < 1.29 is 13.5 Å². The van der Waals surface area contributed by atoms with Gasteiger partial charge >= 0.3 is 0 Å². The minimum atomic E-state index is -0.245. The van der Waals surface area contributed by atoms with Gasteiger partial charge in [-0.05, 0) is 80.2 Å². The van der Waals surface area contributed by atoms with Gasteiger partial charge in [-0.15, -0.1) is 12.4 Å². The van der Waals surface area contributed by atoms with Crippen LogP contribution in [0.2, 0.25) is 0 Å². The standard InChI is InChI=1S/C20H23F2NO.ClH/c21-18-3-1-16(2-4-18)15-17-9-11-23(12-10-17)13-14-24-20-7-5-19(22)6-8-20;/h1-8,17H,9-15H2;1H. The van der Waals surface area contributed by atoms with E-state index in [4.69, 9.17) is 4.74 Å². The van der Waals surface area contributed by atoms with Gasteiger partial charge in [-0.25, -0.2) is 8.78 Å². The lowest BCUT2D eigenvalue weighted by Gasteiger charge is -2.31. The summed E-state index contributed by atoms with van der Waals surface area (Å²) in [6.07, 6.45) is 3.35. The van der Waals surface area contributed by atoms with Crippen LogP contribution < -0.4 is 4.74 Å². The quantitative estimate of drug-likeness (QED) is 0.732. The lowest BCUT2D eigenvalue weighted by Crippen LogP contribution is -2.37. The van der Waals surface area contributed by atoms with Gasteiger partial charge in [-0.3, -0.25) is 4.90 Å². The molecular weight excluding hydrogens is 344 g/mol. The molecule has 136 valence electrons. The largest absolute Gasteiger partial charge is 0.492 e. The Kier molecular flexibility index (Phi) is 7.66. The number of rotatable bonds is 6. The molecule has 1 fully saturated rings. The molecule has 1 aliphatic heterocycles. The first-order chi connectivity index (χ1) is 11.7. The Morgan fingerprint density at radius 3 is 2.04 bits per heavy atom. The van der Waals surface area contributed by atoms with Crippen LogP contribution in [0.1, 0.15) is 18.4 Å². The molecule has 1 aliphatic rings. The van der Waals surface area contributed by atoms with Gasteiger partial charge in [-0.1, -0.05) is 12.1 Å². The fraction of sp³-hybridized carbons (Fsp3) is 0.400. The average Bonchev–Trinajstić information content (AvgIpc) is 2.60. The number of ether oxygens (including phenoxy) is 1. The number of hydrogen-bond acceptors (Lipinski definition) is 2. The van der Waals surface area contributed by atoms with Crippen LogP contribution in [-0.4, -0.2) is 31.1 Å². The summed E-state index contributed by atoms with van der Waals surface area (Å²) in [6, 6.07) is 13.0. The van der Waals surface area contributed by atoms with Crippen LogP contribution in [0.3, 0.4) is 0 Å². The summed E-state index contributed by atoms with van der Waals surface area (Å²) in [7, 11) is 0. The highest BCUT2D eigenvalue weighted by molar-refractivity contribution is 5.85. The molecule has 2 aromatic carbocycles. The van der Waals surface area contributed by atoms with Crippen LogP contribution >= 0.6 is 12.4 Å². The normalized spacial score (nSPS) is 15.6. The molecule has 0 spiro atoms. The number of nitrogens with zero attached hydrogens (tertiary/aromatic N) is 1. The summed E-state index contributed by atoms with van der Waals surface area (Å²) in [5.41, 5.74) is 1.22. The molecule has 5 heteroatoms. The van der Waals surface area contributed by atoms with Crippen LogP contribution in [0, 0.1) is 17.6 Å². The Balaban J connectivity index is 0.00000225. The highest BCUT2D eigenvalue weighted by atomic mass is 35.5. The Hall–Kier alpha value is -1.65. The van der Waals surface area contributed by atoms with E-state index in [1.807, 2.05) is 12.1 Å². The Labute approximate surface area is 154 Å². The van der Waals surface area contributed by atoms with Crippen LogP contribution in [0.25, 0.3) is 0 Å². The predicted octanol–water partition coefficient (Wildman–Crippen LogP) is 4.72. The fourth-order valence-corrected chi connectivity index (χ4v) is 3.19. The maximum atomic E-state index is 12.9. The maximum Gasteiger partial charge on any atom is 0.123 e. The smallest absolute Gasteiger partial charge is 0.123 e. The van der Waals surface area contributed by atoms with Crippen LogP contribution in [0.4, 0.5) is 8.78 Å². The summed E-state index contributed by atoms with van der Waals surface area (Å²) < 4.78 is 31.4. The summed E-state index contributed by atoms with van der Waals surface area (Å²) in [4.78, 5) is 2.41. The molecule has 0 aromatic heterocycles. The van der Waals surface area contributed by atoms with E-state index < -0.39 is 0 Å². The van der Waals surface area contributed by atoms with E-state index in [1.165, 1.54) is 29.8 Å². The Morgan fingerprint density at radius 1 is 0.880 bits per heavy atom. The molecular formula is C20H24ClF2NO. The molecule has 0 bridgehead atoms. The summed E-state index contributed by atoms with van der Waals surface area (Å²) >= 11 is 0. The van der Waals surface area contributed by atoms with Gasteiger partial charge in [-0.2, -0.15) is 0 Å². The number of piperidine rings is 1. The van der Waals surface area contributed by atoms with Gasteiger partial charge < -0.3 is 4.74 Å². The first kappa shape index (κ1) is 19.7. The van der Waals surface area contributed by atoms with Crippen molar-refractivity contribution in [3.05, 3.63) is 65.7 Å². The van der Waals surface area contributed by atoms with Crippen LogP contribution in [-0.2, 0) is 6.42 Å². The molecule has 2 aromatic rings. The van der Waals surface area contributed by atoms with Crippen molar-refractivity contribution in [3.63, 3.8) is 0 Å². The van der Waals surface area contributed by atoms with Gasteiger partial charge in [0.15, 0.2) is 0 Å². The average molecular weight is 368 g/mol. The van der Waals surface area contributed by atoms with Crippen molar-refractivity contribution in [2.24, 2.45) is 5.92 Å². The van der Waals surface area contributed by atoms with E-state index >= 15 is 0 Å². The molecule has 0 atom stereocenters. The van der Waals surface area contributed by atoms with E-state index in [0.29, 0.717) is 18.3 Å². The maximum absolute atomic E-state index is 12.9. The van der Waals surface area contributed by atoms with Gasteiger partial charge in [0.05, 0.1) is 0 Å². The van der Waals surface area contributed by atoms with Crippen molar-refractivity contribution in [3.8, 4) is 5.75 Å². The second-order valence-electron chi connectivity index (χ2n) is 6.42. The summed E-state index contributed by atoms with van der Waals surface area (Å²) in [6.45, 7) is 3.65. The topological polar surface area (TPSA) is 12.5 Å². The highest BCUT2D eigenvalue weighted by Crippen LogP contribution is 2.22. The third kappa shape index (κ3) is 6.29. The van der Waals surface area contributed by atoms with Crippen LogP contribution in [0.5, 0.6) is 5.75 Å². The van der Waals surface area contributed by atoms with Crippen LogP contribution in [0.15, 0.2) is 48.5 Å². The third-order valence-electron chi connectivity index (χ3n) is 4.63. The zero-order valence-corrected chi connectivity index (χ0v) is 15.0. The molecule has 0 amide bonds. The van der Waals surface area contributed by atoms with Crippen molar-refractivity contribution in [2.45, 2.75) is 19.3 Å². The minimum absolute atomic E-state index is 0. The molecule has 0 radical (unpaired) electrons. The first-order valence-electron chi connectivity index (χ1n) is 8.54. The van der Waals surface area contributed by atoms with E-state index in [0.717, 1.165) is 38.9 Å². The minimum Gasteiger partial charge on any atom is -0.492 e. The number of benzene rings is 2. The predicted molar refractivity (Wildman–Crippen MR) is 98.4 cm³/mol. The zero-order chi connectivity index (χ0) is 16.8. The molecule has 3 rings (SSSR count). The molecule has 2 nitrogen and oxygen atoms in total. The number of hydrogen-bond donors (Lipinski definition) is 0. The third-order valence-corrected chi connectivity index (χ3v) is 4.63. The van der Waals surface area contributed by atoms with E-state index in [-0.39, 0.29) is 24.0 Å². The zero-order valence-electron chi connectivity index (χ0n) is 14.2. The molecule has 1 heterocycles. The van der Waals surface area contributed by atoms with Gasteiger partial charge in [0, 0.05) is 6.54 Å². The molecule has 0 unspecified atom stereocenters. The second kappa shape index (κ2) is 9.73. The number of halogens is 3. The van der Waals surface area contributed by atoms with Crippen molar-refractivity contribution >= 4 is 12.4 Å². The lowest BCUT2D eigenvalue weighted by atomic mass is 9.90. The highest BCUT2D eigenvalue weighted by Gasteiger charge is 2.19. The van der Waals surface area contributed by atoms with Crippen molar-refractivity contribution in [2.75, 3.05) is 26.2 Å². The number of likely N-dealkylation sites (tertiary alicyclic amines) is 1. The van der Waals surface area contributed by atoms with Crippen molar-refractivity contribution in [1.29, 1.82) is 0 Å².